The zero-order valence-corrected chi connectivity index (χ0v) is 13.6. The Hall–Kier alpha value is -2.81. The molecule has 2 atom stereocenters. The van der Waals surface area contributed by atoms with E-state index in [0.29, 0.717) is 17.9 Å². The second-order valence-electron chi connectivity index (χ2n) is 5.93. The van der Waals surface area contributed by atoms with Gasteiger partial charge in [-0.1, -0.05) is 12.1 Å². The maximum Gasteiger partial charge on any atom is 0.263 e. The normalized spacial score (nSPS) is 18.7. The molecule has 124 valence electrons. The van der Waals surface area contributed by atoms with Crippen molar-refractivity contribution >= 4 is 5.91 Å². The van der Waals surface area contributed by atoms with Gasteiger partial charge in [0, 0.05) is 25.5 Å². The fourth-order valence-electron chi connectivity index (χ4n) is 3.03. The number of carbonyl (C=O) groups excluding carboxylic acids is 1. The molecule has 1 aromatic carbocycles. The van der Waals surface area contributed by atoms with Gasteiger partial charge in [0.05, 0.1) is 11.6 Å². The number of rotatable bonds is 4. The number of para-hydroxylation sites is 1. The van der Waals surface area contributed by atoms with E-state index < -0.39 is 6.10 Å². The Kier molecular flexibility index (Phi) is 4.80. The number of piperidine rings is 1. The Morgan fingerprint density at radius 3 is 3.00 bits per heavy atom. The van der Waals surface area contributed by atoms with Crippen molar-refractivity contribution in [2.75, 3.05) is 13.1 Å². The lowest BCUT2D eigenvalue weighted by Gasteiger charge is -2.34. The molecule has 6 heteroatoms. The molecule has 6 nitrogen and oxygen atoms in total. The summed E-state index contributed by atoms with van der Waals surface area (Å²) in [7, 11) is 0. The molecule has 0 saturated carbocycles. The zero-order valence-electron chi connectivity index (χ0n) is 13.6. The van der Waals surface area contributed by atoms with Crippen LogP contribution >= 0.6 is 0 Å². The molecule has 0 spiro atoms. The maximum absolute atomic E-state index is 12.7. The van der Waals surface area contributed by atoms with Crippen LogP contribution in [0.3, 0.4) is 0 Å². The lowest BCUT2D eigenvalue weighted by molar-refractivity contribution is -0.139. The van der Waals surface area contributed by atoms with Crippen molar-refractivity contribution in [2.24, 2.45) is 0 Å². The molecule has 1 amide bonds. The molecule has 1 aromatic heterocycles. The topological polar surface area (TPSA) is 71.2 Å². The highest BCUT2D eigenvalue weighted by atomic mass is 16.5. The minimum Gasteiger partial charge on any atom is -0.480 e. The van der Waals surface area contributed by atoms with Crippen LogP contribution in [-0.4, -0.2) is 39.8 Å². The van der Waals surface area contributed by atoms with E-state index in [9.17, 15) is 4.79 Å². The molecule has 1 aliphatic rings. The van der Waals surface area contributed by atoms with E-state index in [1.807, 2.05) is 21.8 Å². The number of amides is 1. The highest BCUT2D eigenvalue weighted by molar-refractivity contribution is 5.81. The fourth-order valence-corrected chi connectivity index (χ4v) is 3.03. The summed E-state index contributed by atoms with van der Waals surface area (Å²) in [5.74, 6) is 0.390. The molecule has 24 heavy (non-hydrogen) atoms. The SMILES string of the molecule is C[C@@H](Oc1ccccc1C#N)C(=O)N1CCC[C@H](n2cccn2)C1. The number of ether oxygens (including phenoxy) is 1. The van der Waals surface area contributed by atoms with Crippen LogP contribution in [0.4, 0.5) is 0 Å². The first kappa shape index (κ1) is 16.1. The molecule has 1 aliphatic heterocycles. The number of likely N-dealkylation sites (tertiary alicyclic amines) is 1. The van der Waals surface area contributed by atoms with Crippen LogP contribution in [0.2, 0.25) is 0 Å². The van der Waals surface area contributed by atoms with E-state index in [1.165, 1.54) is 0 Å². The van der Waals surface area contributed by atoms with Crippen LogP contribution < -0.4 is 4.74 Å². The Labute approximate surface area is 141 Å². The summed E-state index contributed by atoms with van der Waals surface area (Å²) in [4.78, 5) is 14.5. The number of aromatic nitrogens is 2. The summed E-state index contributed by atoms with van der Waals surface area (Å²) in [6.07, 6.45) is 5.01. The van der Waals surface area contributed by atoms with Crippen molar-refractivity contribution in [3.63, 3.8) is 0 Å². The van der Waals surface area contributed by atoms with Crippen molar-refractivity contribution < 1.29 is 9.53 Å². The number of nitriles is 1. The van der Waals surface area contributed by atoms with Crippen molar-refractivity contribution in [1.82, 2.24) is 14.7 Å². The van der Waals surface area contributed by atoms with E-state index in [0.717, 1.165) is 19.4 Å². The van der Waals surface area contributed by atoms with E-state index >= 15 is 0 Å². The van der Waals surface area contributed by atoms with E-state index in [2.05, 4.69) is 11.2 Å². The standard InChI is InChI=1S/C18H20N4O2/c1-14(24-17-8-3-2-6-15(17)12-19)18(23)21-10-4-7-16(13-21)22-11-5-9-20-22/h2-3,5-6,8-9,11,14,16H,4,7,10,13H2,1H3/t14-,16+/m1/s1. The van der Waals surface area contributed by atoms with Crippen LogP contribution in [-0.2, 0) is 4.79 Å². The van der Waals surface area contributed by atoms with Gasteiger partial charge in [0.2, 0.25) is 0 Å². The third-order valence-corrected chi connectivity index (χ3v) is 4.27. The first-order valence-corrected chi connectivity index (χ1v) is 8.12. The summed E-state index contributed by atoms with van der Waals surface area (Å²) in [6.45, 7) is 3.09. The molecule has 0 unspecified atom stereocenters. The minimum absolute atomic E-state index is 0.0559. The van der Waals surface area contributed by atoms with E-state index in [-0.39, 0.29) is 11.9 Å². The molecule has 2 heterocycles. The highest BCUT2D eigenvalue weighted by Crippen LogP contribution is 2.23. The van der Waals surface area contributed by atoms with Gasteiger partial charge >= 0.3 is 0 Å². The summed E-state index contributed by atoms with van der Waals surface area (Å²) >= 11 is 0. The third-order valence-electron chi connectivity index (χ3n) is 4.27. The lowest BCUT2D eigenvalue weighted by Crippen LogP contribution is -2.46. The molecule has 0 bridgehead atoms. The van der Waals surface area contributed by atoms with Gasteiger partial charge in [-0.05, 0) is 38.0 Å². The number of benzene rings is 1. The number of carbonyl (C=O) groups is 1. The summed E-state index contributed by atoms with van der Waals surface area (Å²) in [5.41, 5.74) is 0.435. The van der Waals surface area contributed by atoms with E-state index in [1.54, 1.807) is 37.4 Å². The molecule has 3 rings (SSSR count). The number of nitrogens with zero attached hydrogens (tertiary/aromatic N) is 4. The molecule has 0 N–H and O–H groups in total. The van der Waals surface area contributed by atoms with Gasteiger partial charge in [-0.15, -0.1) is 0 Å². The third kappa shape index (κ3) is 3.40. The maximum atomic E-state index is 12.7. The zero-order chi connectivity index (χ0) is 16.9. The van der Waals surface area contributed by atoms with Crippen LogP contribution in [0.15, 0.2) is 42.7 Å². The molecule has 0 aliphatic carbocycles. The van der Waals surface area contributed by atoms with Crippen molar-refractivity contribution in [3.8, 4) is 11.8 Å². The van der Waals surface area contributed by atoms with Gasteiger partial charge in [0.15, 0.2) is 6.10 Å². The monoisotopic (exact) mass is 324 g/mol. The van der Waals surface area contributed by atoms with Crippen LogP contribution in [0.25, 0.3) is 0 Å². The smallest absolute Gasteiger partial charge is 0.263 e. The average Bonchev–Trinajstić information content (AvgIpc) is 3.16. The van der Waals surface area contributed by atoms with Crippen LogP contribution in [0.1, 0.15) is 31.4 Å². The van der Waals surface area contributed by atoms with Crippen LogP contribution in [0.5, 0.6) is 5.75 Å². The minimum atomic E-state index is -0.629. The number of hydrogen-bond acceptors (Lipinski definition) is 4. The fraction of sp³-hybridized carbons (Fsp3) is 0.389. The van der Waals surface area contributed by atoms with Gasteiger partial charge in [0.25, 0.3) is 5.91 Å². The van der Waals surface area contributed by atoms with Crippen molar-refractivity contribution in [2.45, 2.75) is 31.9 Å². The lowest BCUT2D eigenvalue weighted by atomic mass is 10.1. The second-order valence-corrected chi connectivity index (χ2v) is 5.93. The van der Waals surface area contributed by atoms with Gasteiger partial charge in [-0.3, -0.25) is 9.48 Å². The molecule has 2 aromatic rings. The van der Waals surface area contributed by atoms with E-state index in [4.69, 9.17) is 10.00 Å². The predicted molar refractivity (Wildman–Crippen MR) is 88.3 cm³/mol. The first-order valence-electron chi connectivity index (χ1n) is 8.12. The molecule has 1 fully saturated rings. The van der Waals surface area contributed by atoms with Gasteiger partial charge in [0.1, 0.15) is 11.8 Å². The average molecular weight is 324 g/mol. The Bertz CT molecular complexity index is 736. The largest absolute Gasteiger partial charge is 0.480 e. The first-order chi connectivity index (χ1) is 11.7. The molecule has 0 radical (unpaired) electrons. The predicted octanol–water partition coefficient (Wildman–Crippen LogP) is 2.39. The van der Waals surface area contributed by atoms with Crippen molar-refractivity contribution in [1.29, 1.82) is 5.26 Å². The second kappa shape index (κ2) is 7.18. The molecule has 1 saturated heterocycles. The van der Waals surface area contributed by atoms with Gasteiger partial charge in [-0.2, -0.15) is 10.4 Å². The number of hydrogen-bond donors (Lipinski definition) is 0. The molecular formula is C18H20N4O2. The van der Waals surface area contributed by atoms with Gasteiger partial charge < -0.3 is 9.64 Å². The molecular weight excluding hydrogens is 304 g/mol. The Morgan fingerprint density at radius 2 is 2.25 bits per heavy atom. The van der Waals surface area contributed by atoms with Crippen molar-refractivity contribution in [3.05, 3.63) is 48.3 Å². The quantitative estimate of drug-likeness (QED) is 0.866. The van der Waals surface area contributed by atoms with Crippen LogP contribution in [0, 0.1) is 11.3 Å². The highest BCUT2D eigenvalue weighted by Gasteiger charge is 2.29. The summed E-state index contributed by atoms with van der Waals surface area (Å²) < 4.78 is 7.65. The Morgan fingerprint density at radius 1 is 1.42 bits per heavy atom. The Balaban J connectivity index is 1.66. The van der Waals surface area contributed by atoms with Gasteiger partial charge in [-0.25, -0.2) is 0 Å². The summed E-state index contributed by atoms with van der Waals surface area (Å²) in [5, 5.41) is 13.4. The summed E-state index contributed by atoms with van der Waals surface area (Å²) in [6, 6.07) is 11.1.